The summed E-state index contributed by atoms with van der Waals surface area (Å²) in [6.07, 6.45) is -5.48. The number of benzene rings is 1. The van der Waals surface area contributed by atoms with Crippen LogP contribution < -0.4 is 15.8 Å². The fourth-order valence-electron chi connectivity index (χ4n) is 3.98. The standard InChI is InChI=1S/C22H22F5N3O4/c1-4-33-17-12(5-6-13(23)16(17)24)15-10(2)21(3,22(25,26)27)34-18(15)20(32)30-11-7-8-29-14(9-11)19(28)31/h5-10,15,18H,4H2,1-3H3,(H2,28,31)(H,29,30,32)/t10-,15+,18-,21+/m1/s1. The quantitative estimate of drug-likeness (QED) is 0.601. The monoisotopic (exact) mass is 487 g/mol. The minimum atomic E-state index is -4.89. The summed E-state index contributed by atoms with van der Waals surface area (Å²) in [6.45, 7) is 3.39. The molecular weight excluding hydrogens is 465 g/mol. The molecule has 0 spiro atoms. The molecule has 1 aromatic heterocycles. The molecule has 12 heteroatoms. The van der Waals surface area contributed by atoms with Gasteiger partial charge in [0.05, 0.1) is 6.61 Å². The van der Waals surface area contributed by atoms with Gasteiger partial charge in [0.1, 0.15) is 11.8 Å². The Kier molecular flexibility index (Phi) is 6.83. The van der Waals surface area contributed by atoms with Crippen molar-refractivity contribution in [3.8, 4) is 5.75 Å². The highest BCUT2D eigenvalue weighted by Gasteiger charge is 2.65. The second-order valence-corrected chi connectivity index (χ2v) is 7.95. The molecule has 0 radical (unpaired) electrons. The van der Waals surface area contributed by atoms with Crippen molar-refractivity contribution >= 4 is 17.5 Å². The van der Waals surface area contributed by atoms with Gasteiger partial charge in [-0.15, -0.1) is 0 Å². The van der Waals surface area contributed by atoms with Crippen LogP contribution in [-0.2, 0) is 9.53 Å². The molecule has 2 heterocycles. The molecule has 0 saturated carbocycles. The van der Waals surface area contributed by atoms with E-state index in [4.69, 9.17) is 15.2 Å². The fraction of sp³-hybridized carbons (Fsp3) is 0.409. The molecule has 0 bridgehead atoms. The largest absolute Gasteiger partial charge is 0.490 e. The third-order valence-corrected chi connectivity index (χ3v) is 5.93. The molecule has 184 valence electrons. The van der Waals surface area contributed by atoms with Gasteiger partial charge in [0, 0.05) is 29.3 Å². The molecule has 3 N–H and O–H groups in total. The fourth-order valence-corrected chi connectivity index (χ4v) is 3.98. The van der Waals surface area contributed by atoms with E-state index in [0.29, 0.717) is 0 Å². The molecule has 1 saturated heterocycles. The number of nitrogens with two attached hydrogens (primary N) is 1. The van der Waals surface area contributed by atoms with Gasteiger partial charge in [0.15, 0.2) is 17.2 Å². The number of alkyl halides is 3. The van der Waals surface area contributed by atoms with Gasteiger partial charge in [-0.2, -0.15) is 17.6 Å². The first-order valence-electron chi connectivity index (χ1n) is 10.2. The van der Waals surface area contributed by atoms with Gasteiger partial charge in [0.2, 0.25) is 5.82 Å². The van der Waals surface area contributed by atoms with Crippen LogP contribution >= 0.6 is 0 Å². The zero-order chi connectivity index (χ0) is 25.4. The number of hydrogen-bond acceptors (Lipinski definition) is 5. The van der Waals surface area contributed by atoms with Gasteiger partial charge in [0.25, 0.3) is 11.8 Å². The lowest BCUT2D eigenvalue weighted by atomic mass is 9.77. The van der Waals surface area contributed by atoms with E-state index in [1.165, 1.54) is 26.1 Å². The van der Waals surface area contributed by atoms with Crippen molar-refractivity contribution in [3.63, 3.8) is 0 Å². The van der Waals surface area contributed by atoms with Crippen LogP contribution in [0.5, 0.6) is 5.75 Å². The van der Waals surface area contributed by atoms with Gasteiger partial charge < -0.3 is 20.5 Å². The lowest BCUT2D eigenvalue weighted by molar-refractivity contribution is -0.272. The van der Waals surface area contributed by atoms with Crippen LogP contribution in [0.25, 0.3) is 0 Å². The SMILES string of the molecule is CCOc1c([C@@H]2[C@@H](C)[C@@](C)(C(F)(F)F)O[C@H]2C(=O)Nc2ccnc(C(N)=O)c2)ccc(F)c1F. The predicted molar refractivity (Wildman–Crippen MR) is 110 cm³/mol. The number of carbonyl (C=O) groups is 2. The summed E-state index contributed by atoms with van der Waals surface area (Å²) in [5, 5.41) is 2.38. The molecule has 4 atom stereocenters. The van der Waals surface area contributed by atoms with Crippen molar-refractivity contribution < 1.29 is 41.0 Å². The van der Waals surface area contributed by atoms with E-state index in [-0.39, 0.29) is 23.6 Å². The first kappa shape index (κ1) is 25.3. The van der Waals surface area contributed by atoms with Gasteiger partial charge in [-0.05, 0) is 32.0 Å². The van der Waals surface area contributed by atoms with Gasteiger partial charge >= 0.3 is 6.18 Å². The lowest BCUT2D eigenvalue weighted by Gasteiger charge is -2.32. The van der Waals surface area contributed by atoms with E-state index in [9.17, 15) is 31.5 Å². The number of nitrogens with zero attached hydrogens (tertiary/aromatic N) is 1. The van der Waals surface area contributed by atoms with Crippen LogP contribution in [0.15, 0.2) is 30.5 Å². The zero-order valence-electron chi connectivity index (χ0n) is 18.4. The van der Waals surface area contributed by atoms with E-state index in [2.05, 4.69) is 10.3 Å². The molecule has 34 heavy (non-hydrogen) atoms. The highest BCUT2D eigenvalue weighted by molar-refractivity contribution is 5.97. The number of aromatic nitrogens is 1. The average molecular weight is 487 g/mol. The Balaban J connectivity index is 2.09. The second-order valence-electron chi connectivity index (χ2n) is 7.95. The minimum absolute atomic E-state index is 0.0275. The molecule has 7 nitrogen and oxygen atoms in total. The first-order valence-corrected chi connectivity index (χ1v) is 10.2. The molecule has 1 aliphatic rings. The maximum absolute atomic E-state index is 14.5. The first-order chi connectivity index (χ1) is 15.8. The van der Waals surface area contributed by atoms with Crippen molar-refractivity contribution in [2.75, 3.05) is 11.9 Å². The number of primary amides is 1. The van der Waals surface area contributed by atoms with Gasteiger partial charge in [-0.1, -0.05) is 13.0 Å². The van der Waals surface area contributed by atoms with Crippen LogP contribution in [0.4, 0.5) is 27.6 Å². The van der Waals surface area contributed by atoms with Crippen molar-refractivity contribution in [2.24, 2.45) is 11.7 Å². The van der Waals surface area contributed by atoms with Crippen LogP contribution in [0.2, 0.25) is 0 Å². The lowest BCUT2D eigenvalue weighted by Crippen LogP contribution is -2.47. The summed E-state index contributed by atoms with van der Waals surface area (Å²) in [5.74, 6) is -7.87. The van der Waals surface area contributed by atoms with Gasteiger partial charge in [-0.3, -0.25) is 14.6 Å². The number of ether oxygens (including phenoxy) is 2. The summed E-state index contributed by atoms with van der Waals surface area (Å²) < 4.78 is 80.9. The maximum atomic E-state index is 14.5. The van der Waals surface area contributed by atoms with E-state index in [1.807, 2.05) is 0 Å². The molecule has 1 aliphatic heterocycles. The minimum Gasteiger partial charge on any atom is -0.490 e. The summed E-state index contributed by atoms with van der Waals surface area (Å²) in [7, 11) is 0. The summed E-state index contributed by atoms with van der Waals surface area (Å²) >= 11 is 0. The van der Waals surface area contributed by atoms with E-state index in [0.717, 1.165) is 25.1 Å². The highest BCUT2D eigenvalue weighted by atomic mass is 19.4. The Bertz CT molecular complexity index is 1110. The van der Waals surface area contributed by atoms with E-state index < -0.39 is 58.9 Å². The molecule has 0 aliphatic carbocycles. The van der Waals surface area contributed by atoms with Crippen molar-refractivity contribution in [1.82, 2.24) is 4.98 Å². The molecule has 3 rings (SSSR count). The number of halogens is 5. The van der Waals surface area contributed by atoms with E-state index in [1.54, 1.807) is 0 Å². The summed E-state index contributed by atoms with van der Waals surface area (Å²) in [4.78, 5) is 28.2. The third kappa shape index (κ3) is 4.41. The Morgan fingerprint density at radius 3 is 2.53 bits per heavy atom. The predicted octanol–water partition coefficient (Wildman–Crippen LogP) is 3.94. The molecular formula is C22H22F5N3O4. The molecule has 2 aromatic rings. The number of carbonyl (C=O) groups excluding carboxylic acids is 2. The van der Waals surface area contributed by atoms with Crippen molar-refractivity contribution in [3.05, 3.63) is 53.4 Å². The molecule has 0 unspecified atom stereocenters. The number of amides is 2. The number of hydrogen-bond donors (Lipinski definition) is 2. The Labute approximate surface area is 191 Å². The smallest absolute Gasteiger partial charge is 0.417 e. The Hall–Kier alpha value is -3.28. The number of nitrogens with one attached hydrogen (secondary N) is 1. The normalized spacial score (nSPS) is 24.6. The van der Waals surface area contributed by atoms with Crippen LogP contribution in [0, 0.1) is 17.6 Å². The molecule has 1 fully saturated rings. The Morgan fingerprint density at radius 2 is 1.94 bits per heavy atom. The average Bonchev–Trinajstić information content (AvgIpc) is 3.04. The van der Waals surface area contributed by atoms with Crippen LogP contribution in [0.3, 0.4) is 0 Å². The topological polar surface area (TPSA) is 104 Å². The number of rotatable bonds is 6. The van der Waals surface area contributed by atoms with Crippen LogP contribution in [0.1, 0.15) is 42.7 Å². The molecule has 1 aromatic carbocycles. The Morgan fingerprint density at radius 1 is 1.26 bits per heavy atom. The van der Waals surface area contributed by atoms with Crippen molar-refractivity contribution in [2.45, 2.75) is 44.6 Å². The third-order valence-electron chi connectivity index (χ3n) is 5.93. The maximum Gasteiger partial charge on any atom is 0.417 e. The van der Waals surface area contributed by atoms with Crippen LogP contribution in [-0.4, -0.2) is 41.3 Å². The van der Waals surface area contributed by atoms with E-state index >= 15 is 0 Å². The highest BCUT2D eigenvalue weighted by Crippen LogP contribution is 2.55. The molecule has 2 amide bonds. The zero-order valence-corrected chi connectivity index (χ0v) is 18.4. The number of anilines is 1. The summed E-state index contributed by atoms with van der Waals surface area (Å²) in [6, 6.07) is 4.26. The number of pyridine rings is 1. The van der Waals surface area contributed by atoms with Gasteiger partial charge in [-0.25, -0.2) is 4.39 Å². The summed E-state index contributed by atoms with van der Waals surface area (Å²) in [5.41, 5.74) is 2.07. The van der Waals surface area contributed by atoms with Crippen molar-refractivity contribution in [1.29, 1.82) is 0 Å². The second kappa shape index (κ2) is 9.16.